The van der Waals surface area contributed by atoms with Crippen LogP contribution in [-0.4, -0.2) is 70.3 Å². The van der Waals surface area contributed by atoms with Gasteiger partial charge in [0.2, 0.25) is 11.8 Å². The first-order valence-electron chi connectivity index (χ1n) is 12.9. The van der Waals surface area contributed by atoms with E-state index < -0.39 is 0 Å². The molecule has 0 unspecified atom stereocenters. The summed E-state index contributed by atoms with van der Waals surface area (Å²) in [6.07, 6.45) is 4.27. The predicted molar refractivity (Wildman–Crippen MR) is 136 cm³/mol. The zero-order valence-electron chi connectivity index (χ0n) is 20.4. The number of fused-ring (bicyclic) bond motifs is 4. The summed E-state index contributed by atoms with van der Waals surface area (Å²) in [6, 6.07) is 10.4. The molecule has 0 spiro atoms. The summed E-state index contributed by atoms with van der Waals surface area (Å²) in [5, 5.41) is 10.2. The van der Waals surface area contributed by atoms with E-state index in [0.29, 0.717) is 56.7 Å². The quantitative estimate of drug-likeness (QED) is 0.606. The molecule has 9 heteroatoms. The van der Waals surface area contributed by atoms with Gasteiger partial charge in [-0.3, -0.25) is 18.9 Å². The van der Waals surface area contributed by atoms with Gasteiger partial charge >= 0.3 is 0 Å². The van der Waals surface area contributed by atoms with Crippen molar-refractivity contribution in [2.45, 2.75) is 38.6 Å². The zero-order valence-corrected chi connectivity index (χ0v) is 20.4. The SMILES string of the molecule is N#Cc1c2c(c(N3CCC(C(N)=O)CC3)n3c1nc1ccccc13)CN(CC(=O)N1CCCC1)CC2. The van der Waals surface area contributed by atoms with E-state index >= 15 is 0 Å². The highest BCUT2D eigenvalue weighted by Gasteiger charge is 2.33. The van der Waals surface area contributed by atoms with Crippen LogP contribution in [-0.2, 0) is 22.6 Å². The van der Waals surface area contributed by atoms with Crippen LogP contribution in [0.25, 0.3) is 16.7 Å². The molecule has 0 saturated carbocycles. The van der Waals surface area contributed by atoms with Gasteiger partial charge in [0.25, 0.3) is 0 Å². The molecule has 2 saturated heterocycles. The number of para-hydroxylation sites is 2. The standard InChI is InChI=1S/C27H31N7O2/c28-15-20-19-9-12-31(17-24(35)32-10-3-4-11-32)16-21(19)27(33-13-7-18(8-14-33)25(29)36)34-23-6-2-1-5-22(23)30-26(20)34/h1-2,5-6,18H,3-4,7-14,16-17H2,(H2,29,36). The Hall–Kier alpha value is -3.64. The molecule has 36 heavy (non-hydrogen) atoms. The number of likely N-dealkylation sites (tertiary alicyclic amines) is 1. The summed E-state index contributed by atoms with van der Waals surface area (Å²) in [5.41, 5.74) is 10.9. The lowest BCUT2D eigenvalue weighted by atomic mass is 9.93. The number of primary amides is 1. The minimum Gasteiger partial charge on any atom is -0.369 e. The molecule has 0 aliphatic carbocycles. The Kier molecular flexibility index (Phi) is 5.76. The molecule has 0 radical (unpaired) electrons. The van der Waals surface area contributed by atoms with E-state index in [9.17, 15) is 14.9 Å². The number of benzene rings is 1. The Morgan fingerprint density at radius 1 is 1.06 bits per heavy atom. The van der Waals surface area contributed by atoms with Crippen LogP contribution in [0.15, 0.2) is 24.3 Å². The van der Waals surface area contributed by atoms with Crippen LogP contribution < -0.4 is 10.6 Å². The van der Waals surface area contributed by atoms with Gasteiger partial charge in [-0.1, -0.05) is 12.1 Å². The molecule has 0 bridgehead atoms. The van der Waals surface area contributed by atoms with Gasteiger partial charge < -0.3 is 15.5 Å². The highest BCUT2D eigenvalue weighted by Crippen LogP contribution is 2.38. The molecule has 2 amide bonds. The third kappa shape index (κ3) is 3.77. The molecule has 0 atom stereocenters. The summed E-state index contributed by atoms with van der Waals surface area (Å²) in [6.45, 7) is 4.86. The van der Waals surface area contributed by atoms with Crippen molar-refractivity contribution in [3.63, 3.8) is 0 Å². The third-order valence-electron chi connectivity index (χ3n) is 8.12. The molecule has 186 valence electrons. The number of pyridine rings is 1. The number of carbonyl (C=O) groups is 2. The Labute approximate surface area is 210 Å². The fourth-order valence-corrected chi connectivity index (χ4v) is 6.20. The number of amides is 2. The van der Waals surface area contributed by atoms with Crippen molar-refractivity contribution < 1.29 is 9.59 Å². The number of nitrogens with two attached hydrogens (primary N) is 1. The first-order chi connectivity index (χ1) is 17.5. The molecule has 1 aromatic carbocycles. The highest BCUT2D eigenvalue weighted by atomic mass is 16.2. The topological polar surface area (TPSA) is 111 Å². The van der Waals surface area contributed by atoms with Crippen LogP contribution >= 0.6 is 0 Å². The molecule has 3 aliphatic rings. The number of nitriles is 1. The summed E-state index contributed by atoms with van der Waals surface area (Å²) >= 11 is 0. The summed E-state index contributed by atoms with van der Waals surface area (Å²) in [7, 11) is 0. The molecule has 6 rings (SSSR count). The number of anilines is 1. The van der Waals surface area contributed by atoms with Gasteiger partial charge in [-0.05, 0) is 49.8 Å². The fourth-order valence-electron chi connectivity index (χ4n) is 6.20. The molecule has 2 N–H and O–H groups in total. The first kappa shape index (κ1) is 22.8. The van der Waals surface area contributed by atoms with Crippen LogP contribution in [0, 0.1) is 17.2 Å². The van der Waals surface area contributed by atoms with Gasteiger partial charge in [0, 0.05) is 50.7 Å². The van der Waals surface area contributed by atoms with Crippen molar-refractivity contribution in [1.82, 2.24) is 19.2 Å². The average Bonchev–Trinajstić information content (AvgIpc) is 3.56. The lowest BCUT2D eigenvalue weighted by Gasteiger charge is -2.38. The second kappa shape index (κ2) is 9.10. The number of hydrogen-bond acceptors (Lipinski definition) is 6. The number of carbonyl (C=O) groups excluding carboxylic acids is 2. The number of nitrogens with zero attached hydrogens (tertiary/aromatic N) is 6. The second-order valence-corrected chi connectivity index (χ2v) is 10.2. The predicted octanol–water partition coefficient (Wildman–Crippen LogP) is 2.04. The van der Waals surface area contributed by atoms with E-state index in [1.807, 2.05) is 29.2 Å². The van der Waals surface area contributed by atoms with Crippen LogP contribution in [0.5, 0.6) is 0 Å². The number of hydrogen-bond donors (Lipinski definition) is 1. The van der Waals surface area contributed by atoms with E-state index in [1.54, 1.807) is 0 Å². The summed E-state index contributed by atoms with van der Waals surface area (Å²) in [5.74, 6) is 0.879. The van der Waals surface area contributed by atoms with Crippen molar-refractivity contribution in [1.29, 1.82) is 5.26 Å². The summed E-state index contributed by atoms with van der Waals surface area (Å²) in [4.78, 5) is 36.2. The van der Waals surface area contributed by atoms with Gasteiger partial charge in [-0.15, -0.1) is 0 Å². The first-order valence-corrected chi connectivity index (χ1v) is 12.9. The molecular weight excluding hydrogens is 454 g/mol. The van der Waals surface area contributed by atoms with Crippen LogP contribution in [0.1, 0.15) is 42.4 Å². The van der Waals surface area contributed by atoms with Gasteiger partial charge in [-0.2, -0.15) is 5.26 Å². The largest absolute Gasteiger partial charge is 0.369 e. The molecule has 2 aromatic heterocycles. The van der Waals surface area contributed by atoms with E-state index in [-0.39, 0.29) is 17.7 Å². The second-order valence-electron chi connectivity index (χ2n) is 10.2. The zero-order chi connectivity index (χ0) is 24.8. The molecule has 3 aromatic rings. The van der Waals surface area contributed by atoms with Crippen LogP contribution in [0.4, 0.5) is 5.82 Å². The number of imidazole rings is 1. The van der Waals surface area contributed by atoms with E-state index in [0.717, 1.165) is 60.5 Å². The highest BCUT2D eigenvalue weighted by molar-refractivity contribution is 5.87. The van der Waals surface area contributed by atoms with Crippen molar-refractivity contribution in [3.8, 4) is 6.07 Å². The minimum absolute atomic E-state index is 0.111. The average molecular weight is 486 g/mol. The number of piperidine rings is 1. The maximum atomic E-state index is 12.9. The van der Waals surface area contributed by atoms with Crippen LogP contribution in [0.3, 0.4) is 0 Å². The number of aromatic nitrogens is 2. The monoisotopic (exact) mass is 485 g/mol. The Morgan fingerprint density at radius 3 is 2.53 bits per heavy atom. The van der Waals surface area contributed by atoms with E-state index in [1.165, 1.54) is 0 Å². The maximum absolute atomic E-state index is 12.9. The van der Waals surface area contributed by atoms with E-state index in [2.05, 4.69) is 20.3 Å². The van der Waals surface area contributed by atoms with Crippen molar-refractivity contribution in [2.24, 2.45) is 11.7 Å². The molecule has 9 nitrogen and oxygen atoms in total. The van der Waals surface area contributed by atoms with Crippen molar-refractivity contribution >= 4 is 34.3 Å². The van der Waals surface area contributed by atoms with Gasteiger partial charge in [0.05, 0.1) is 23.1 Å². The van der Waals surface area contributed by atoms with Gasteiger partial charge in [-0.25, -0.2) is 4.98 Å². The Balaban J connectivity index is 1.46. The van der Waals surface area contributed by atoms with E-state index in [4.69, 9.17) is 10.7 Å². The molecular formula is C27H31N7O2. The maximum Gasteiger partial charge on any atom is 0.236 e. The summed E-state index contributed by atoms with van der Waals surface area (Å²) < 4.78 is 2.13. The Morgan fingerprint density at radius 2 is 1.81 bits per heavy atom. The normalized spacial score (nSPS) is 19.1. The van der Waals surface area contributed by atoms with Crippen LogP contribution in [0.2, 0.25) is 0 Å². The van der Waals surface area contributed by atoms with Gasteiger partial charge in [0.15, 0.2) is 5.65 Å². The molecule has 3 aliphatic heterocycles. The lowest BCUT2D eigenvalue weighted by molar-refractivity contribution is -0.131. The molecule has 5 heterocycles. The minimum atomic E-state index is -0.235. The smallest absolute Gasteiger partial charge is 0.236 e. The Bertz CT molecular complexity index is 1390. The third-order valence-corrected chi connectivity index (χ3v) is 8.12. The lowest BCUT2D eigenvalue weighted by Crippen LogP contribution is -2.43. The van der Waals surface area contributed by atoms with Gasteiger partial charge in [0.1, 0.15) is 11.9 Å². The number of rotatable bonds is 4. The van der Waals surface area contributed by atoms with Crippen molar-refractivity contribution in [2.75, 3.05) is 44.2 Å². The van der Waals surface area contributed by atoms with Crippen molar-refractivity contribution in [3.05, 3.63) is 41.0 Å². The molecule has 2 fully saturated rings. The fraction of sp³-hybridized carbons (Fsp3) is 0.481.